The Morgan fingerprint density at radius 1 is 0.941 bits per heavy atom. The fourth-order valence-corrected chi connectivity index (χ4v) is 4.38. The lowest BCUT2D eigenvalue weighted by Gasteiger charge is -2.50. The van der Waals surface area contributed by atoms with Crippen molar-refractivity contribution in [2.24, 2.45) is 0 Å². The maximum atomic E-state index is 13.9. The van der Waals surface area contributed by atoms with Crippen LogP contribution in [0.4, 0.5) is 11.4 Å². The molecule has 2 heterocycles. The summed E-state index contributed by atoms with van der Waals surface area (Å²) in [4.78, 5) is 32.8. The van der Waals surface area contributed by atoms with E-state index in [0.717, 1.165) is 16.5 Å². The van der Waals surface area contributed by atoms with Crippen molar-refractivity contribution in [3.63, 3.8) is 0 Å². The van der Waals surface area contributed by atoms with Crippen molar-refractivity contribution in [2.45, 2.75) is 12.0 Å². The first kappa shape index (κ1) is 21.5. The molecule has 4 aromatic rings. The largest absolute Gasteiger partial charge is 0.497 e. The number of amides is 2. The van der Waals surface area contributed by atoms with Crippen LogP contribution >= 0.6 is 0 Å². The number of aromatic nitrogens is 1. The van der Waals surface area contributed by atoms with Gasteiger partial charge in [0.15, 0.2) is 5.54 Å². The van der Waals surface area contributed by atoms with Crippen molar-refractivity contribution in [1.82, 2.24) is 4.98 Å². The summed E-state index contributed by atoms with van der Waals surface area (Å²) < 4.78 is 10.5. The SMILES string of the molecule is COc1ccc(NC(=O)C2(c3ccc4ncccc4c3)CC(=O)N2c2ccc(OC)cc2)cc1. The van der Waals surface area contributed by atoms with E-state index >= 15 is 0 Å². The van der Waals surface area contributed by atoms with Gasteiger partial charge in [0.05, 0.1) is 26.2 Å². The predicted octanol–water partition coefficient (Wildman–Crippen LogP) is 4.52. The van der Waals surface area contributed by atoms with E-state index in [1.165, 1.54) is 0 Å². The van der Waals surface area contributed by atoms with Gasteiger partial charge in [-0.15, -0.1) is 0 Å². The number of methoxy groups -OCH3 is 2. The van der Waals surface area contributed by atoms with Crippen molar-refractivity contribution >= 4 is 34.1 Å². The van der Waals surface area contributed by atoms with Gasteiger partial charge in [-0.25, -0.2) is 0 Å². The lowest BCUT2D eigenvalue weighted by molar-refractivity contribution is -0.137. The van der Waals surface area contributed by atoms with E-state index in [4.69, 9.17) is 9.47 Å². The molecule has 5 rings (SSSR count). The number of rotatable bonds is 6. The molecule has 0 aliphatic carbocycles. The minimum Gasteiger partial charge on any atom is -0.497 e. The van der Waals surface area contributed by atoms with Crippen molar-refractivity contribution in [3.8, 4) is 11.5 Å². The van der Waals surface area contributed by atoms with Gasteiger partial charge in [0.1, 0.15) is 11.5 Å². The van der Waals surface area contributed by atoms with Gasteiger partial charge in [-0.2, -0.15) is 0 Å². The molecule has 34 heavy (non-hydrogen) atoms. The highest BCUT2D eigenvalue weighted by molar-refractivity contribution is 6.17. The third-order valence-electron chi connectivity index (χ3n) is 6.17. The van der Waals surface area contributed by atoms with E-state index in [1.54, 1.807) is 73.8 Å². The molecule has 0 bridgehead atoms. The predicted molar refractivity (Wildman–Crippen MR) is 130 cm³/mol. The van der Waals surface area contributed by atoms with Crippen LogP contribution in [-0.2, 0) is 15.1 Å². The number of β-lactam (4-membered cyclic amide) rings is 1. The number of benzene rings is 3. The van der Waals surface area contributed by atoms with Gasteiger partial charge >= 0.3 is 0 Å². The zero-order chi connectivity index (χ0) is 23.7. The van der Waals surface area contributed by atoms with E-state index in [1.807, 2.05) is 30.3 Å². The summed E-state index contributed by atoms with van der Waals surface area (Å²) in [6, 6.07) is 23.7. The monoisotopic (exact) mass is 453 g/mol. The van der Waals surface area contributed by atoms with Gasteiger partial charge < -0.3 is 14.8 Å². The minimum absolute atomic E-state index is 0.0484. The first-order chi connectivity index (χ1) is 16.5. The highest BCUT2D eigenvalue weighted by Gasteiger charge is 2.58. The Hall–Kier alpha value is -4.39. The minimum atomic E-state index is -1.21. The molecule has 1 unspecified atom stereocenters. The molecular formula is C27H23N3O4. The van der Waals surface area contributed by atoms with E-state index < -0.39 is 5.54 Å². The number of ether oxygens (including phenoxy) is 2. The quantitative estimate of drug-likeness (QED) is 0.434. The summed E-state index contributed by atoms with van der Waals surface area (Å²) in [6.07, 6.45) is 1.78. The molecule has 1 atom stereocenters. The van der Waals surface area contributed by atoms with Gasteiger partial charge in [0.2, 0.25) is 5.91 Å². The number of fused-ring (bicyclic) bond motifs is 1. The molecule has 1 aromatic heterocycles. The zero-order valence-corrected chi connectivity index (χ0v) is 18.8. The molecule has 0 spiro atoms. The second-order valence-electron chi connectivity index (χ2n) is 8.06. The Kier molecular flexibility index (Phi) is 5.37. The molecule has 1 N–H and O–H groups in total. The van der Waals surface area contributed by atoms with Crippen molar-refractivity contribution in [1.29, 1.82) is 0 Å². The van der Waals surface area contributed by atoms with Crippen LogP contribution in [0.5, 0.6) is 11.5 Å². The highest BCUT2D eigenvalue weighted by atomic mass is 16.5. The molecule has 1 aliphatic heterocycles. The third kappa shape index (κ3) is 3.51. The third-order valence-corrected chi connectivity index (χ3v) is 6.17. The molecule has 1 saturated heterocycles. The first-order valence-corrected chi connectivity index (χ1v) is 10.8. The topological polar surface area (TPSA) is 80.8 Å². The number of carbonyl (C=O) groups excluding carboxylic acids is 2. The van der Waals surface area contributed by atoms with E-state index in [0.29, 0.717) is 22.9 Å². The second kappa shape index (κ2) is 8.51. The summed E-state index contributed by atoms with van der Waals surface area (Å²) in [6.45, 7) is 0. The molecular weight excluding hydrogens is 430 g/mol. The fourth-order valence-electron chi connectivity index (χ4n) is 4.38. The number of hydrogen-bond acceptors (Lipinski definition) is 5. The number of nitrogens with one attached hydrogen (secondary N) is 1. The smallest absolute Gasteiger partial charge is 0.255 e. The summed E-state index contributed by atoms with van der Waals surface area (Å²) in [5, 5.41) is 3.89. The number of anilines is 2. The van der Waals surface area contributed by atoms with Crippen molar-refractivity contribution in [3.05, 3.63) is 90.6 Å². The van der Waals surface area contributed by atoms with Gasteiger partial charge in [0, 0.05) is 23.0 Å². The summed E-state index contributed by atoms with van der Waals surface area (Å²) in [5.74, 6) is 0.924. The highest BCUT2D eigenvalue weighted by Crippen LogP contribution is 2.46. The Morgan fingerprint density at radius 3 is 2.26 bits per heavy atom. The van der Waals surface area contributed by atoms with E-state index in [-0.39, 0.29) is 18.2 Å². The van der Waals surface area contributed by atoms with Crippen LogP contribution in [0.25, 0.3) is 10.9 Å². The number of hydrogen-bond donors (Lipinski definition) is 1. The van der Waals surface area contributed by atoms with Gasteiger partial charge in [-0.3, -0.25) is 19.5 Å². The lowest BCUT2D eigenvalue weighted by atomic mass is 9.75. The molecule has 170 valence electrons. The van der Waals surface area contributed by atoms with Gasteiger partial charge in [-0.05, 0) is 72.3 Å². The molecule has 3 aromatic carbocycles. The van der Waals surface area contributed by atoms with Crippen LogP contribution in [0.2, 0.25) is 0 Å². The van der Waals surface area contributed by atoms with Crippen LogP contribution in [0.15, 0.2) is 85.1 Å². The zero-order valence-electron chi connectivity index (χ0n) is 18.8. The summed E-state index contributed by atoms with van der Waals surface area (Å²) in [5.41, 5.74) is 1.55. The molecule has 7 heteroatoms. The molecule has 0 saturated carbocycles. The normalized spacial score (nSPS) is 17.2. The molecule has 7 nitrogen and oxygen atoms in total. The first-order valence-electron chi connectivity index (χ1n) is 10.8. The molecule has 1 fully saturated rings. The number of carbonyl (C=O) groups is 2. The second-order valence-corrected chi connectivity index (χ2v) is 8.06. The fraction of sp³-hybridized carbons (Fsp3) is 0.148. The Balaban J connectivity index is 1.60. The molecule has 0 radical (unpaired) electrons. The number of pyridine rings is 1. The maximum absolute atomic E-state index is 13.9. The Labute approximate surface area is 196 Å². The molecule has 1 aliphatic rings. The average Bonchev–Trinajstić information content (AvgIpc) is 2.87. The Bertz CT molecular complexity index is 1370. The van der Waals surface area contributed by atoms with E-state index in [2.05, 4.69) is 10.3 Å². The Morgan fingerprint density at radius 2 is 1.62 bits per heavy atom. The van der Waals surface area contributed by atoms with Gasteiger partial charge in [0.25, 0.3) is 5.91 Å². The van der Waals surface area contributed by atoms with Crippen molar-refractivity contribution < 1.29 is 19.1 Å². The van der Waals surface area contributed by atoms with Crippen LogP contribution in [0.1, 0.15) is 12.0 Å². The van der Waals surface area contributed by atoms with Gasteiger partial charge in [-0.1, -0.05) is 12.1 Å². The summed E-state index contributed by atoms with van der Waals surface area (Å²) in [7, 11) is 3.17. The van der Waals surface area contributed by atoms with Crippen LogP contribution in [-0.4, -0.2) is 31.0 Å². The average molecular weight is 453 g/mol. The lowest BCUT2D eigenvalue weighted by Crippen LogP contribution is -2.67. The van der Waals surface area contributed by atoms with E-state index in [9.17, 15) is 9.59 Å². The number of nitrogens with zero attached hydrogens (tertiary/aromatic N) is 2. The van der Waals surface area contributed by atoms with Crippen LogP contribution in [0, 0.1) is 0 Å². The summed E-state index contributed by atoms with van der Waals surface area (Å²) >= 11 is 0. The van der Waals surface area contributed by atoms with Crippen LogP contribution < -0.4 is 19.7 Å². The maximum Gasteiger partial charge on any atom is 0.255 e. The van der Waals surface area contributed by atoms with Crippen molar-refractivity contribution in [2.75, 3.05) is 24.4 Å². The molecule has 2 amide bonds. The standard InChI is InChI=1S/C27H23N3O4/c1-33-22-10-6-20(7-11-22)29-26(32)27(19-5-14-24-18(16-19)4-3-15-28-24)17-25(31)30(27)21-8-12-23(34-2)13-9-21/h3-16H,17H2,1-2H3,(H,29,32). The van der Waals surface area contributed by atoms with Crippen LogP contribution in [0.3, 0.4) is 0 Å².